The molecule has 2 heterocycles. The van der Waals surface area contributed by atoms with Gasteiger partial charge in [-0.1, -0.05) is 11.6 Å². The van der Waals surface area contributed by atoms with Crippen molar-refractivity contribution in [3.05, 3.63) is 23.4 Å². The van der Waals surface area contributed by atoms with Crippen LogP contribution in [0.1, 0.15) is 12.8 Å². The maximum absolute atomic E-state index is 5.74. The van der Waals surface area contributed by atoms with Gasteiger partial charge >= 0.3 is 0 Å². The quantitative estimate of drug-likeness (QED) is 0.826. The van der Waals surface area contributed by atoms with Crippen LogP contribution in [0.15, 0.2) is 18.3 Å². The molecule has 0 aromatic carbocycles. The molecule has 6 heteroatoms. The van der Waals surface area contributed by atoms with Gasteiger partial charge in [-0.05, 0) is 37.2 Å². The lowest BCUT2D eigenvalue weighted by atomic mass is 10.2. The smallest absolute Gasteiger partial charge is 0.172 e. The Balaban J connectivity index is 1.74. The minimum atomic E-state index is 0.271. The van der Waals surface area contributed by atoms with Crippen LogP contribution in [0.3, 0.4) is 0 Å². The molecule has 1 aliphatic heterocycles. The van der Waals surface area contributed by atoms with Gasteiger partial charge in [0.2, 0.25) is 0 Å². The Morgan fingerprint density at radius 1 is 1.59 bits per heavy atom. The van der Waals surface area contributed by atoms with E-state index in [2.05, 4.69) is 15.6 Å². The van der Waals surface area contributed by atoms with Crippen LogP contribution in [0, 0.1) is 0 Å². The summed E-state index contributed by atoms with van der Waals surface area (Å²) in [5.41, 5.74) is 0. The molecule has 1 aliphatic rings. The molecule has 92 valence electrons. The molecule has 17 heavy (non-hydrogen) atoms. The lowest BCUT2D eigenvalue weighted by molar-refractivity contribution is 0.114. The summed E-state index contributed by atoms with van der Waals surface area (Å²) in [4.78, 5) is 4.10. The minimum absolute atomic E-state index is 0.271. The molecule has 0 bridgehead atoms. The van der Waals surface area contributed by atoms with Gasteiger partial charge in [0.15, 0.2) is 5.11 Å². The summed E-state index contributed by atoms with van der Waals surface area (Å²) in [5.74, 6) is 0.680. The Labute approximate surface area is 111 Å². The van der Waals surface area contributed by atoms with Crippen LogP contribution in [0.4, 0.5) is 5.82 Å². The van der Waals surface area contributed by atoms with Crippen LogP contribution in [-0.2, 0) is 4.74 Å². The van der Waals surface area contributed by atoms with Gasteiger partial charge in [0.05, 0.1) is 11.1 Å². The van der Waals surface area contributed by atoms with Crippen LogP contribution < -0.4 is 10.6 Å². The van der Waals surface area contributed by atoms with Gasteiger partial charge in [0.25, 0.3) is 0 Å². The van der Waals surface area contributed by atoms with E-state index in [0.717, 1.165) is 26.0 Å². The van der Waals surface area contributed by atoms with Gasteiger partial charge in [0.1, 0.15) is 5.82 Å². The average molecular weight is 272 g/mol. The first-order chi connectivity index (χ1) is 8.24. The maximum atomic E-state index is 5.74. The van der Waals surface area contributed by atoms with Crippen LogP contribution in [0.25, 0.3) is 0 Å². The maximum Gasteiger partial charge on any atom is 0.172 e. The molecule has 2 N–H and O–H groups in total. The molecule has 0 saturated carbocycles. The Kier molecular flexibility index (Phi) is 4.53. The second kappa shape index (κ2) is 6.14. The molecule has 2 rings (SSSR count). The SMILES string of the molecule is S=C(NC[C@@H]1CCCO1)Nc1ccc(Cl)cn1. The number of hydrogen-bond acceptors (Lipinski definition) is 3. The summed E-state index contributed by atoms with van der Waals surface area (Å²) in [6.45, 7) is 1.59. The Hall–Kier alpha value is -0.910. The molecule has 1 aromatic rings. The summed E-state index contributed by atoms with van der Waals surface area (Å²) in [7, 11) is 0. The minimum Gasteiger partial charge on any atom is -0.376 e. The fourth-order valence-corrected chi connectivity index (χ4v) is 1.92. The number of rotatable bonds is 3. The average Bonchev–Trinajstić information content (AvgIpc) is 2.83. The second-order valence-electron chi connectivity index (χ2n) is 3.83. The van der Waals surface area contributed by atoms with Crippen molar-refractivity contribution in [2.24, 2.45) is 0 Å². The molecular formula is C11H14ClN3OS. The van der Waals surface area contributed by atoms with E-state index in [9.17, 15) is 0 Å². The summed E-state index contributed by atoms with van der Waals surface area (Å²) in [6, 6.07) is 3.54. The van der Waals surface area contributed by atoms with Crippen molar-refractivity contribution >= 4 is 34.7 Å². The summed E-state index contributed by atoms with van der Waals surface area (Å²) >= 11 is 10.9. The second-order valence-corrected chi connectivity index (χ2v) is 4.68. The zero-order valence-corrected chi connectivity index (χ0v) is 10.9. The Bertz CT molecular complexity index is 379. The van der Waals surface area contributed by atoms with Gasteiger partial charge in [-0.25, -0.2) is 4.98 Å². The third-order valence-electron chi connectivity index (χ3n) is 2.48. The molecule has 0 aliphatic carbocycles. The number of nitrogens with zero attached hydrogens (tertiary/aromatic N) is 1. The van der Waals surface area contributed by atoms with Gasteiger partial charge in [0, 0.05) is 19.3 Å². The number of thiocarbonyl (C=S) groups is 1. The standard InChI is InChI=1S/C11H14ClN3OS/c12-8-3-4-10(13-6-8)15-11(17)14-7-9-2-1-5-16-9/h3-4,6,9H,1-2,5,7H2,(H2,13,14,15,17)/t9-/m0/s1. The molecule has 1 saturated heterocycles. The predicted octanol–water partition coefficient (Wildman–Crippen LogP) is 2.20. The van der Waals surface area contributed by atoms with E-state index in [0.29, 0.717) is 16.0 Å². The predicted molar refractivity (Wildman–Crippen MR) is 72.4 cm³/mol. The molecule has 1 aromatic heterocycles. The van der Waals surface area contributed by atoms with E-state index in [-0.39, 0.29) is 6.10 Å². The topological polar surface area (TPSA) is 46.2 Å². The molecule has 0 radical (unpaired) electrons. The van der Waals surface area contributed by atoms with E-state index in [4.69, 9.17) is 28.6 Å². The summed E-state index contributed by atoms with van der Waals surface area (Å²) in [6.07, 6.45) is 4.07. The number of nitrogens with one attached hydrogen (secondary N) is 2. The number of aromatic nitrogens is 1. The third kappa shape index (κ3) is 4.11. The van der Waals surface area contributed by atoms with Crippen molar-refractivity contribution in [1.29, 1.82) is 0 Å². The number of halogens is 1. The first kappa shape index (κ1) is 12.5. The number of hydrogen-bond donors (Lipinski definition) is 2. The molecule has 1 fully saturated rings. The van der Waals surface area contributed by atoms with Crippen LogP contribution >= 0.6 is 23.8 Å². The van der Waals surface area contributed by atoms with E-state index >= 15 is 0 Å². The van der Waals surface area contributed by atoms with Crippen molar-refractivity contribution in [1.82, 2.24) is 10.3 Å². The third-order valence-corrected chi connectivity index (χ3v) is 2.95. The van der Waals surface area contributed by atoms with Gasteiger partial charge in [-0.15, -0.1) is 0 Å². The van der Waals surface area contributed by atoms with Crippen LogP contribution in [0.2, 0.25) is 5.02 Å². The normalized spacial score (nSPS) is 19.0. The van der Waals surface area contributed by atoms with Crippen LogP contribution in [0.5, 0.6) is 0 Å². The van der Waals surface area contributed by atoms with E-state index in [1.54, 1.807) is 18.3 Å². The van der Waals surface area contributed by atoms with Crippen molar-refractivity contribution < 1.29 is 4.74 Å². The highest BCUT2D eigenvalue weighted by Crippen LogP contribution is 2.11. The zero-order valence-electron chi connectivity index (χ0n) is 9.28. The molecule has 0 spiro atoms. The highest BCUT2D eigenvalue weighted by molar-refractivity contribution is 7.80. The molecule has 0 unspecified atom stereocenters. The van der Waals surface area contributed by atoms with Gasteiger partial charge < -0.3 is 15.4 Å². The lowest BCUT2D eigenvalue weighted by Crippen LogP contribution is -2.35. The fraction of sp³-hybridized carbons (Fsp3) is 0.455. The van der Waals surface area contributed by atoms with Crippen LogP contribution in [-0.4, -0.2) is 29.4 Å². The van der Waals surface area contributed by atoms with Crippen molar-refractivity contribution in [3.8, 4) is 0 Å². The number of ether oxygens (including phenoxy) is 1. The highest BCUT2D eigenvalue weighted by atomic mass is 35.5. The van der Waals surface area contributed by atoms with E-state index in [1.807, 2.05) is 0 Å². The lowest BCUT2D eigenvalue weighted by Gasteiger charge is -2.13. The first-order valence-corrected chi connectivity index (χ1v) is 6.30. The van der Waals surface area contributed by atoms with E-state index < -0.39 is 0 Å². The molecule has 1 atom stereocenters. The van der Waals surface area contributed by atoms with Crippen molar-refractivity contribution in [2.75, 3.05) is 18.5 Å². The number of pyridine rings is 1. The molecular weight excluding hydrogens is 258 g/mol. The fourth-order valence-electron chi connectivity index (χ4n) is 1.62. The van der Waals surface area contributed by atoms with Crippen molar-refractivity contribution in [3.63, 3.8) is 0 Å². The highest BCUT2D eigenvalue weighted by Gasteiger charge is 2.15. The Morgan fingerprint density at radius 3 is 3.12 bits per heavy atom. The van der Waals surface area contributed by atoms with Crippen molar-refractivity contribution in [2.45, 2.75) is 18.9 Å². The molecule has 0 amide bonds. The van der Waals surface area contributed by atoms with E-state index in [1.165, 1.54) is 0 Å². The van der Waals surface area contributed by atoms with Gasteiger partial charge in [-0.2, -0.15) is 0 Å². The van der Waals surface area contributed by atoms with Gasteiger partial charge in [-0.3, -0.25) is 0 Å². The Morgan fingerprint density at radius 2 is 2.47 bits per heavy atom. The first-order valence-electron chi connectivity index (χ1n) is 5.52. The summed E-state index contributed by atoms with van der Waals surface area (Å²) < 4.78 is 5.49. The summed E-state index contributed by atoms with van der Waals surface area (Å²) in [5, 5.41) is 7.25. The monoisotopic (exact) mass is 271 g/mol. The largest absolute Gasteiger partial charge is 0.376 e. The molecule has 4 nitrogen and oxygen atoms in total. The number of anilines is 1. The zero-order chi connectivity index (χ0) is 12.1.